The van der Waals surface area contributed by atoms with Gasteiger partial charge in [0.15, 0.2) is 0 Å². The molecule has 0 aromatic carbocycles. The molecule has 1 saturated carbocycles. The van der Waals surface area contributed by atoms with E-state index in [2.05, 4.69) is 18.4 Å². The average molecular weight is 222 g/mol. The number of nitrogens with one attached hydrogen (secondary N) is 1. The van der Waals surface area contributed by atoms with E-state index < -0.39 is 0 Å². The largest absolute Gasteiger partial charge is 0.271 e. The van der Waals surface area contributed by atoms with E-state index in [0.29, 0.717) is 11.5 Å². The molecule has 0 aliphatic heterocycles. The Morgan fingerprint density at radius 2 is 1.94 bits per heavy atom. The predicted octanol–water partition coefficient (Wildman–Crippen LogP) is 3.29. The Morgan fingerprint density at radius 1 is 1.19 bits per heavy atom. The monoisotopic (exact) mass is 222 g/mol. The van der Waals surface area contributed by atoms with Gasteiger partial charge in [0.25, 0.3) is 0 Å². The molecule has 0 spiro atoms. The van der Waals surface area contributed by atoms with E-state index in [-0.39, 0.29) is 0 Å². The van der Waals surface area contributed by atoms with Gasteiger partial charge in [0.05, 0.1) is 0 Å². The second-order valence-electron chi connectivity index (χ2n) is 5.84. The predicted molar refractivity (Wildman–Crippen MR) is 68.9 cm³/mol. The van der Waals surface area contributed by atoms with E-state index in [9.17, 15) is 0 Å². The summed E-state index contributed by atoms with van der Waals surface area (Å²) < 4.78 is 0. The first-order chi connectivity index (χ1) is 7.76. The molecule has 0 saturated heterocycles. The molecule has 0 heterocycles. The Hall–Kier alpha value is -0.340. The molecule has 1 unspecified atom stereocenters. The van der Waals surface area contributed by atoms with Crippen LogP contribution in [0.5, 0.6) is 0 Å². The first-order valence-corrected chi connectivity index (χ1v) is 6.91. The zero-order valence-corrected chi connectivity index (χ0v) is 10.6. The van der Waals surface area contributed by atoms with Crippen LogP contribution in [-0.2, 0) is 0 Å². The summed E-state index contributed by atoms with van der Waals surface area (Å²) >= 11 is 0. The number of hydrogen-bond acceptors (Lipinski definition) is 2. The maximum Gasteiger partial charge on any atom is 0.0473 e. The highest BCUT2D eigenvalue weighted by atomic mass is 15.2. The fourth-order valence-corrected chi connectivity index (χ4v) is 3.53. The molecule has 2 rings (SSSR count). The van der Waals surface area contributed by atoms with Crippen LogP contribution in [0.2, 0.25) is 0 Å². The summed E-state index contributed by atoms with van der Waals surface area (Å²) in [5.74, 6) is 5.83. The van der Waals surface area contributed by atoms with Crippen molar-refractivity contribution in [3.8, 4) is 0 Å². The maximum atomic E-state index is 5.83. The smallest absolute Gasteiger partial charge is 0.0473 e. The van der Waals surface area contributed by atoms with Gasteiger partial charge in [-0.15, -0.1) is 0 Å². The van der Waals surface area contributed by atoms with Crippen molar-refractivity contribution in [1.82, 2.24) is 5.43 Å². The number of hydrogen-bond donors (Lipinski definition) is 2. The Balaban J connectivity index is 2.11. The van der Waals surface area contributed by atoms with Crippen LogP contribution < -0.4 is 11.3 Å². The van der Waals surface area contributed by atoms with Gasteiger partial charge < -0.3 is 0 Å². The van der Waals surface area contributed by atoms with Crippen molar-refractivity contribution in [2.24, 2.45) is 11.3 Å². The van der Waals surface area contributed by atoms with Crippen LogP contribution in [0, 0.1) is 5.41 Å². The third-order valence-electron chi connectivity index (χ3n) is 4.56. The first kappa shape index (κ1) is 12.1. The summed E-state index contributed by atoms with van der Waals surface area (Å²) in [5.41, 5.74) is 5.11. The maximum absolute atomic E-state index is 5.83. The van der Waals surface area contributed by atoms with E-state index in [1.165, 1.54) is 57.8 Å². The average Bonchev–Trinajstić information content (AvgIpc) is 2.54. The molecule has 2 aliphatic rings. The van der Waals surface area contributed by atoms with Gasteiger partial charge in [-0.2, -0.15) is 0 Å². The normalized spacial score (nSPS) is 27.2. The van der Waals surface area contributed by atoms with Crippen LogP contribution in [0.1, 0.15) is 64.7 Å². The molecule has 16 heavy (non-hydrogen) atoms. The zero-order valence-electron chi connectivity index (χ0n) is 10.6. The van der Waals surface area contributed by atoms with Crippen molar-refractivity contribution < 1.29 is 0 Å². The number of hydrazine groups is 1. The number of rotatable bonds is 3. The van der Waals surface area contributed by atoms with Crippen LogP contribution in [0.15, 0.2) is 11.6 Å². The van der Waals surface area contributed by atoms with Gasteiger partial charge in [-0.05, 0) is 43.9 Å². The third-order valence-corrected chi connectivity index (χ3v) is 4.56. The molecule has 2 nitrogen and oxygen atoms in total. The summed E-state index contributed by atoms with van der Waals surface area (Å²) in [4.78, 5) is 0. The zero-order chi connectivity index (χ0) is 11.4. The van der Waals surface area contributed by atoms with Crippen LogP contribution in [-0.4, -0.2) is 6.04 Å². The Kier molecular flexibility index (Phi) is 4.04. The fraction of sp³-hybridized carbons (Fsp3) is 0.857. The second-order valence-corrected chi connectivity index (χ2v) is 5.84. The van der Waals surface area contributed by atoms with Gasteiger partial charge in [-0.3, -0.25) is 11.3 Å². The minimum atomic E-state index is 0.408. The lowest BCUT2D eigenvalue weighted by molar-refractivity contribution is 0.246. The molecule has 0 aromatic rings. The third kappa shape index (κ3) is 2.49. The minimum Gasteiger partial charge on any atom is -0.271 e. The van der Waals surface area contributed by atoms with E-state index in [1.54, 1.807) is 5.57 Å². The molecule has 1 fully saturated rings. The summed E-state index contributed by atoms with van der Waals surface area (Å²) in [6, 6.07) is 0.424. The fourth-order valence-electron chi connectivity index (χ4n) is 3.53. The van der Waals surface area contributed by atoms with Crippen LogP contribution in [0.25, 0.3) is 0 Å². The van der Waals surface area contributed by atoms with E-state index in [0.717, 1.165) is 0 Å². The Morgan fingerprint density at radius 3 is 2.62 bits per heavy atom. The Bertz CT molecular complexity index is 251. The van der Waals surface area contributed by atoms with Gasteiger partial charge in [0.1, 0.15) is 0 Å². The number of nitrogens with two attached hydrogens (primary N) is 1. The molecule has 1 atom stereocenters. The summed E-state index contributed by atoms with van der Waals surface area (Å²) in [6.45, 7) is 2.41. The standard InChI is InChI=1S/C14H26N2/c1-14(10-6-7-11-14)13(16-15)12-8-4-2-3-5-9-12/h8,13,16H,2-7,9-11,15H2,1H3. The SMILES string of the molecule is CC1(C(NN)C2=CCCCCC2)CCCC1. The topological polar surface area (TPSA) is 38.0 Å². The highest BCUT2D eigenvalue weighted by molar-refractivity contribution is 5.17. The van der Waals surface area contributed by atoms with Crippen molar-refractivity contribution in [3.63, 3.8) is 0 Å². The highest BCUT2D eigenvalue weighted by Gasteiger charge is 2.38. The molecular formula is C14H26N2. The summed E-state index contributed by atoms with van der Waals surface area (Å²) in [5, 5.41) is 0. The van der Waals surface area contributed by atoms with Gasteiger partial charge >= 0.3 is 0 Å². The molecule has 2 aliphatic carbocycles. The Labute approximate surface area is 99.6 Å². The van der Waals surface area contributed by atoms with Gasteiger partial charge in [0, 0.05) is 6.04 Å². The lowest BCUT2D eigenvalue weighted by atomic mass is 9.76. The van der Waals surface area contributed by atoms with Crippen LogP contribution in [0.4, 0.5) is 0 Å². The van der Waals surface area contributed by atoms with E-state index in [1.807, 2.05) is 0 Å². The van der Waals surface area contributed by atoms with Crippen molar-refractivity contribution in [3.05, 3.63) is 11.6 Å². The second kappa shape index (κ2) is 5.33. The molecule has 92 valence electrons. The molecule has 0 amide bonds. The molecule has 3 N–H and O–H groups in total. The molecular weight excluding hydrogens is 196 g/mol. The quantitative estimate of drug-likeness (QED) is 0.437. The van der Waals surface area contributed by atoms with Gasteiger partial charge in [-0.25, -0.2) is 0 Å². The van der Waals surface area contributed by atoms with E-state index >= 15 is 0 Å². The van der Waals surface area contributed by atoms with Crippen molar-refractivity contribution in [1.29, 1.82) is 0 Å². The lowest BCUT2D eigenvalue weighted by Gasteiger charge is -2.35. The minimum absolute atomic E-state index is 0.408. The van der Waals surface area contributed by atoms with Crippen LogP contribution in [0.3, 0.4) is 0 Å². The molecule has 2 heteroatoms. The summed E-state index contributed by atoms with van der Waals surface area (Å²) in [7, 11) is 0. The highest BCUT2D eigenvalue weighted by Crippen LogP contribution is 2.43. The lowest BCUT2D eigenvalue weighted by Crippen LogP contribution is -2.47. The molecule has 0 bridgehead atoms. The van der Waals surface area contributed by atoms with E-state index in [4.69, 9.17) is 5.84 Å². The molecule has 0 radical (unpaired) electrons. The number of allylic oxidation sites excluding steroid dienone is 1. The van der Waals surface area contributed by atoms with Gasteiger partial charge in [-0.1, -0.05) is 37.8 Å². The van der Waals surface area contributed by atoms with Crippen molar-refractivity contribution in [2.75, 3.05) is 0 Å². The van der Waals surface area contributed by atoms with Crippen molar-refractivity contribution >= 4 is 0 Å². The summed E-state index contributed by atoms with van der Waals surface area (Å²) in [6.07, 6.45) is 14.5. The van der Waals surface area contributed by atoms with Crippen molar-refractivity contribution in [2.45, 2.75) is 70.8 Å². The molecule has 0 aromatic heterocycles. The van der Waals surface area contributed by atoms with Gasteiger partial charge in [0.2, 0.25) is 0 Å². The van der Waals surface area contributed by atoms with Crippen LogP contribution >= 0.6 is 0 Å². The first-order valence-electron chi connectivity index (χ1n) is 6.91.